The highest BCUT2D eigenvalue weighted by Gasteiger charge is 2.29. The van der Waals surface area contributed by atoms with Gasteiger partial charge < -0.3 is 5.32 Å². The lowest BCUT2D eigenvalue weighted by molar-refractivity contribution is 0.293. The molecular formula is C19H22BrN. The molecule has 1 fully saturated rings. The first-order valence-corrected chi connectivity index (χ1v) is 8.55. The average molecular weight is 344 g/mol. The first kappa shape index (κ1) is 14.8. The Morgan fingerprint density at radius 3 is 2.48 bits per heavy atom. The molecule has 2 heteroatoms. The van der Waals surface area contributed by atoms with Gasteiger partial charge in [-0.15, -0.1) is 0 Å². The van der Waals surface area contributed by atoms with Crippen molar-refractivity contribution >= 4 is 15.9 Å². The van der Waals surface area contributed by atoms with Gasteiger partial charge in [0.2, 0.25) is 0 Å². The number of benzene rings is 2. The van der Waals surface area contributed by atoms with E-state index in [-0.39, 0.29) is 0 Å². The molecular weight excluding hydrogens is 322 g/mol. The fraction of sp³-hybridized carbons (Fsp3) is 0.368. The fourth-order valence-corrected chi connectivity index (χ4v) is 3.36. The lowest BCUT2D eigenvalue weighted by Gasteiger charge is -2.36. The number of nitrogens with one attached hydrogen (secondary N) is 1. The molecule has 0 saturated heterocycles. The first-order chi connectivity index (χ1) is 10.2. The molecule has 1 N–H and O–H groups in total. The molecule has 21 heavy (non-hydrogen) atoms. The van der Waals surface area contributed by atoms with Gasteiger partial charge in [0.25, 0.3) is 0 Å². The molecule has 110 valence electrons. The minimum Gasteiger partial charge on any atom is -0.314 e. The van der Waals surface area contributed by atoms with Crippen LogP contribution in [0.15, 0.2) is 53.0 Å². The topological polar surface area (TPSA) is 12.0 Å². The van der Waals surface area contributed by atoms with Crippen molar-refractivity contribution in [2.45, 2.75) is 38.1 Å². The van der Waals surface area contributed by atoms with Gasteiger partial charge in [-0.05, 0) is 67.5 Å². The molecule has 0 aliphatic heterocycles. The Balaban J connectivity index is 1.41. The summed E-state index contributed by atoms with van der Waals surface area (Å²) in [5.74, 6) is 0.745. The molecule has 0 heterocycles. The maximum Gasteiger partial charge on any atom is 0.0175 e. The zero-order valence-corrected chi connectivity index (χ0v) is 14.1. The Morgan fingerprint density at radius 1 is 1.05 bits per heavy atom. The molecule has 1 aliphatic rings. The van der Waals surface area contributed by atoms with E-state index in [0.717, 1.165) is 18.9 Å². The molecule has 2 aromatic rings. The van der Waals surface area contributed by atoms with Crippen molar-refractivity contribution in [2.75, 3.05) is 6.54 Å². The normalized spacial score (nSPS) is 21.0. The number of hydrogen-bond donors (Lipinski definition) is 1. The van der Waals surface area contributed by atoms with Gasteiger partial charge in [-0.25, -0.2) is 0 Å². The molecule has 2 aromatic carbocycles. The summed E-state index contributed by atoms with van der Waals surface area (Å²) in [7, 11) is 0. The van der Waals surface area contributed by atoms with E-state index in [1.54, 1.807) is 0 Å². The van der Waals surface area contributed by atoms with Crippen LogP contribution in [0.25, 0.3) is 0 Å². The minimum atomic E-state index is 0.697. The van der Waals surface area contributed by atoms with Crippen molar-refractivity contribution < 1.29 is 0 Å². The zero-order chi connectivity index (χ0) is 14.7. The van der Waals surface area contributed by atoms with Crippen LogP contribution in [-0.2, 0) is 6.42 Å². The SMILES string of the molecule is Cc1ccccc1CCNC1CC(c2ccc(Br)cc2)C1. The van der Waals surface area contributed by atoms with Crippen LogP contribution in [0.4, 0.5) is 0 Å². The van der Waals surface area contributed by atoms with E-state index in [1.807, 2.05) is 0 Å². The second kappa shape index (κ2) is 6.76. The minimum absolute atomic E-state index is 0.697. The zero-order valence-electron chi connectivity index (χ0n) is 12.5. The van der Waals surface area contributed by atoms with Gasteiger partial charge >= 0.3 is 0 Å². The third kappa shape index (κ3) is 3.75. The molecule has 1 aliphatic carbocycles. The molecule has 0 unspecified atom stereocenters. The van der Waals surface area contributed by atoms with Crippen LogP contribution in [-0.4, -0.2) is 12.6 Å². The van der Waals surface area contributed by atoms with E-state index >= 15 is 0 Å². The Bertz CT molecular complexity index is 585. The van der Waals surface area contributed by atoms with Gasteiger partial charge in [-0.1, -0.05) is 52.3 Å². The number of halogens is 1. The van der Waals surface area contributed by atoms with Crippen molar-refractivity contribution in [3.63, 3.8) is 0 Å². The molecule has 0 bridgehead atoms. The lowest BCUT2D eigenvalue weighted by atomic mass is 9.76. The Kier molecular flexibility index (Phi) is 4.77. The van der Waals surface area contributed by atoms with E-state index in [0.29, 0.717) is 6.04 Å². The Labute approximate surface area is 135 Å². The van der Waals surface area contributed by atoms with E-state index in [2.05, 4.69) is 76.7 Å². The van der Waals surface area contributed by atoms with Crippen LogP contribution in [0.1, 0.15) is 35.4 Å². The summed E-state index contributed by atoms with van der Waals surface area (Å²) in [6.07, 6.45) is 3.68. The highest BCUT2D eigenvalue weighted by Crippen LogP contribution is 2.37. The van der Waals surface area contributed by atoms with Crippen LogP contribution in [0.2, 0.25) is 0 Å². The molecule has 0 aromatic heterocycles. The largest absolute Gasteiger partial charge is 0.314 e. The van der Waals surface area contributed by atoms with Gasteiger partial charge in [0.1, 0.15) is 0 Å². The van der Waals surface area contributed by atoms with E-state index in [4.69, 9.17) is 0 Å². The smallest absolute Gasteiger partial charge is 0.0175 e. The number of rotatable bonds is 5. The summed E-state index contributed by atoms with van der Waals surface area (Å²) in [6, 6.07) is 18.2. The molecule has 0 atom stereocenters. The highest BCUT2D eigenvalue weighted by molar-refractivity contribution is 9.10. The maximum absolute atomic E-state index is 3.70. The standard InChI is InChI=1S/C19H22BrN/c1-14-4-2-3-5-15(14)10-11-21-19-12-17(13-19)16-6-8-18(20)9-7-16/h2-9,17,19,21H,10-13H2,1H3. The van der Waals surface area contributed by atoms with Crippen LogP contribution < -0.4 is 5.32 Å². The summed E-state index contributed by atoms with van der Waals surface area (Å²) in [4.78, 5) is 0. The number of hydrogen-bond acceptors (Lipinski definition) is 1. The van der Waals surface area contributed by atoms with Gasteiger partial charge in [-0.3, -0.25) is 0 Å². The summed E-state index contributed by atoms with van der Waals surface area (Å²) in [5, 5.41) is 3.70. The molecule has 0 spiro atoms. The average Bonchev–Trinajstić information content (AvgIpc) is 2.45. The highest BCUT2D eigenvalue weighted by atomic mass is 79.9. The molecule has 0 radical (unpaired) electrons. The lowest BCUT2D eigenvalue weighted by Crippen LogP contribution is -2.40. The summed E-state index contributed by atoms with van der Waals surface area (Å²) >= 11 is 3.50. The molecule has 1 nitrogen and oxygen atoms in total. The van der Waals surface area contributed by atoms with Crippen molar-refractivity contribution in [2.24, 2.45) is 0 Å². The number of aryl methyl sites for hydroxylation is 1. The van der Waals surface area contributed by atoms with Gasteiger partial charge in [0.05, 0.1) is 0 Å². The third-order valence-electron chi connectivity index (χ3n) is 4.57. The Morgan fingerprint density at radius 2 is 1.76 bits per heavy atom. The summed E-state index contributed by atoms with van der Waals surface area (Å²) in [6.45, 7) is 3.28. The van der Waals surface area contributed by atoms with Crippen LogP contribution >= 0.6 is 15.9 Å². The fourth-order valence-electron chi connectivity index (χ4n) is 3.09. The van der Waals surface area contributed by atoms with Gasteiger partial charge in [-0.2, -0.15) is 0 Å². The van der Waals surface area contributed by atoms with E-state index in [1.165, 1.54) is 34.0 Å². The van der Waals surface area contributed by atoms with Gasteiger partial charge in [0, 0.05) is 10.5 Å². The van der Waals surface area contributed by atoms with E-state index in [9.17, 15) is 0 Å². The molecule has 0 amide bonds. The second-order valence-corrected chi connectivity index (χ2v) is 6.96. The van der Waals surface area contributed by atoms with Crippen molar-refractivity contribution in [3.8, 4) is 0 Å². The van der Waals surface area contributed by atoms with E-state index < -0.39 is 0 Å². The van der Waals surface area contributed by atoms with Gasteiger partial charge in [0.15, 0.2) is 0 Å². The van der Waals surface area contributed by atoms with Crippen molar-refractivity contribution in [3.05, 3.63) is 69.7 Å². The summed E-state index contributed by atoms with van der Waals surface area (Å²) in [5.41, 5.74) is 4.35. The molecule has 1 saturated carbocycles. The third-order valence-corrected chi connectivity index (χ3v) is 5.10. The quantitative estimate of drug-likeness (QED) is 0.819. The molecule has 3 rings (SSSR count). The second-order valence-electron chi connectivity index (χ2n) is 6.05. The first-order valence-electron chi connectivity index (χ1n) is 7.76. The van der Waals surface area contributed by atoms with Crippen molar-refractivity contribution in [1.82, 2.24) is 5.32 Å². The summed E-state index contributed by atoms with van der Waals surface area (Å²) < 4.78 is 1.17. The van der Waals surface area contributed by atoms with Crippen molar-refractivity contribution in [1.29, 1.82) is 0 Å². The van der Waals surface area contributed by atoms with Crippen LogP contribution in [0.3, 0.4) is 0 Å². The van der Waals surface area contributed by atoms with Crippen LogP contribution in [0.5, 0.6) is 0 Å². The predicted octanol–water partition coefficient (Wildman–Crippen LogP) is 4.84. The maximum atomic E-state index is 3.70. The monoisotopic (exact) mass is 343 g/mol. The van der Waals surface area contributed by atoms with Crippen LogP contribution in [0, 0.1) is 6.92 Å². The Hall–Kier alpha value is -1.12. The predicted molar refractivity (Wildman–Crippen MR) is 92.8 cm³/mol.